The lowest BCUT2D eigenvalue weighted by atomic mass is 9.90. The Labute approximate surface area is 105 Å². The van der Waals surface area contributed by atoms with Gasteiger partial charge in [-0.2, -0.15) is 0 Å². The molecule has 0 atom stereocenters. The fraction of sp³-hybridized carbons (Fsp3) is 0.600. The Hall–Kier alpha value is -1.02. The summed E-state index contributed by atoms with van der Waals surface area (Å²) in [5.41, 5.74) is 1.69. The largest absolute Gasteiger partial charge is 0.494 e. The van der Waals surface area contributed by atoms with Gasteiger partial charge in [0.1, 0.15) is 5.75 Å². The first-order chi connectivity index (χ1) is 8.07. The van der Waals surface area contributed by atoms with E-state index < -0.39 is 0 Å². The zero-order valence-corrected chi connectivity index (χ0v) is 11.5. The van der Waals surface area contributed by atoms with Crippen molar-refractivity contribution in [3.05, 3.63) is 29.8 Å². The van der Waals surface area contributed by atoms with Gasteiger partial charge in [0, 0.05) is 13.1 Å². The topological polar surface area (TPSA) is 21.3 Å². The summed E-state index contributed by atoms with van der Waals surface area (Å²) in [6, 6.07) is 8.31. The van der Waals surface area contributed by atoms with Crippen molar-refractivity contribution in [2.24, 2.45) is 5.41 Å². The number of nitrogens with one attached hydrogen (secondary N) is 1. The summed E-state index contributed by atoms with van der Waals surface area (Å²) in [6.07, 6.45) is 1.20. The van der Waals surface area contributed by atoms with Gasteiger partial charge in [0.15, 0.2) is 0 Å². The van der Waals surface area contributed by atoms with Crippen molar-refractivity contribution < 1.29 is 4.74 Å². The molecule has 0 radical (unpaired) electrons. The molecule has 0 amide bonds. The molecule has 17 heavy (non-hydrogen) atoms. The van der Waals surface area contributed by atoms with Crippen molar-refractivity contribution in [3.8, 4) is 5.75 Å². The summed E-state index contributed by atoms with van der Waals surface area (Å²) >= 11 is 0. The van der Waals surface area contributed by atoms with Gasteiger partial charge in [-0.25, -0.2) is 0 Å². The highest BCUT2D eigenvalue weighted by atomic mass is 16.5. The van der Waals surface area contributed by atoms with Crippen LogP contribution in [0.15, 0.2) is 24.3 Å². The lowest BCUT2D eigenvalue weighted by Crippen LogP contribution is -2.28. The Morgan fingerprint density at radius 3 is 2.29 bits per heavy atom. The summed E-state index contributed by atoms with van der Waals surface area (Å²) in [6.45, 7) is 11.5. The molecule has 1 rings (SSSR count). The van der Waals surface area contributed by atoms with E-state index in [-0.39, 0.29) is 0 Å². The molecule has 0 fully saturated rings. The third kappa shape index (κ3) is 5.22. The van der Waals surface area contributed by atoms with Gasteiger partial charge >= 0.3 is 0 Å². The predicted molar refractivity (Wildman–Crippen MR) is 73.4 cm³/mol. The van der Waals surface area contributed by atoms with Crippen LogP contribution in [0.3, 0.4) is 0 Å². The molecule has 2 heteroatoms. The molecule has 0 heterocycles. The summed E-state index contributed by atoms with van der Waals surface area (Å²) in [5, 5.41) is 3.50. The Kier molecular flexibility index (Phi) is 5.49. The minimum absolute atomic E-state index is 0.380. The minimum Gasteiger partial charge on any atom is -0.494 e. The van der Waals surface area contributed by atoms with E-state index in [0.717, 1.165) is 25.4 Å². The van der Waals surface area contributed by atoms with Crippen molar-refractivity contribution in [2.75, 3.05) is 13.2 Å². The highest BCUT2D eigenvalue weighted by molar-refractivity contribution is 5.27. The van der Waals surface area contributed by atoms with E-state index >= 15 is 0 Å². The van der Waals surface area contributed by atoms with Crippen molar-refractivity contribution >= 4 is 0 Å². The lowest BCUT2D eigenvalue weighted by molar-refractivity contribution is 0.327. The van der Waals surface area contributed by atoms with Gasteiger partial charge in [0.2, 0.25) is 0 Å². The average Bonchev–Trinajstić information content (AvgIpc) is 2.32. The summed E-state index contributed by atoms with van der Waals surface area (Å²) in [4.78, 5) is 0. The fourth-order valence-corrected chi connectivity index (χ4v) is 1.54. The van der Waals surface area contributed by atoms with Crippen LogP contribution in [0, 0.1) is 5.41 Å². The molecule has 0 aliphatic rings. The first-order valence-electron chi connectivity index (χ1n) is 6.50. The van der Waals surface area contributed by atoms with E-state index in [0.29, 0.717) is 5.41 Å². The van der Waals surface area contributed by atoms with Crippen LogP contribution in [0.2, 0.25) is 0 Å². The lowest BCUT2D eigenvalue weighted by Gasteiger charge is -2.23. The first kappa shape index (κ1) is 14.0. The second-order valence-corrected chi connectivity index (χ2v) is 5.20. The highest BCUT2D eigenvalue weighted by Gasteiger charge is 2.13. The number of ether oxygens (including phenoxy) is 1. The zero-order chi connectivity index (χ0) is 12.7. The molecule has 1 aromatic carbocycles. The molecule has 96 valence electrons. The van der Waals surface area contributed by atoms with Gasteiger partial charge < -0.3 is 10.1 Å². The molecule has 0 unspecified atom stereocenters. The zero-order valence-electron chi connectivity index (χ0n) is 11.5. The molecule has 0 aromatic heterocycles. The molecule has 1 N–H and O–H groups in total. The van der Waals surface area contributed by atoms with Gasteiger partial charge in [0.05, 0.1) is 6.61 Å². The monoisotopic (exact) mass is 235 g/mol. The molecule has 1 aromatic rings. The van der Waals surface area contributed by atoms with E-state index in [1.165, 1.54) is 12.0 Å². The Bertz CT molecular complexity index is 316. The van der Waals surface area contributed by atoms with Gasteiger partial charge in [-0.3, -0.25) is 0 Å². The predicted octanol–water partition coefficient (Wildman–Crippen LogP) is 3.61. The normalized spacial score (nSPS) is 11.5. The number of hydrogen-bond donors (Lipinski definition) is 1. The first-order valence-corrected chi connectivity index (χ1v) is 6.50. The van der Waals surface area contributed by atoms with Crippen molar-refractivity contribution in [1.29, 1.82) is 0 Å². The molecule has 0 aliphatic heterocycles. The van der Waals surface area contributed by atoms with Crippen LogP contribution in [0.5, 0.6) is 5.75 Å². The van der Waals surface area contributed by atoms with Gasteiger partial charge in [-0.05, 0) is 36.5 Å². The Morgan fingerprint density at radius 2 is 1.76 bits per heavy atom. The SMILES string of the molecule is CCOc1ccc(CNCC(C)(C)CC)cc1. The maximum atomic E-state index is 5.42. The van der Waals surface area contributed by atoms with E-state index in [4.69, 9.17) is 4.74 Å². The third-order valence-electron chi connectivity index (χ3n) is 3.12. The molecule has 2 nitrogen and oxygen atoms in total. The van der Waals surface area contributed by atoms with Crippen molar-refractivity contribution in [1.82, 2.24) is 5.32 Å². The Morgan fingerprint density at radius 1 is 1.12 bits per heavy atom. The molecule has 0 saturated carbocycles. The summed E-state index contributed by atoms with van der Waals surface area (Å²) in [7, 11) is 0. The van der Waals surface area contributed by atoms with E-state index in [1.54, 1.807) is 0 Å². The second-order valence-electron chi connectivity index (χ2n) is 5.20. The number of rotatable bonds is 7. The minimum atomic E-state index is 0.380. The van der Waals surface area contributed by atoms with E-state index in [9.17, 15) is 0 Å². The van der Waals surface area contributed by atoms with Gasteiger partial charge in [-0.15, -0.1) is 0 Å². The number of benzene rings is 1. The second kappa shape index (κ2) is 6.65. The van der Waals surface area contributed by atoms with E-state index in [1.807, 2.05) is 19.1 Å². The molecule has 0 aliphatic carbocycles. The molecule has 0 saturated heterocycles. The molecular formula is C15H25NO. The van der Waals surface area contributed by atoms with Crippen molar-refractivity contribution in [3.63, 3.8) is 0 Å². The smallest absolute Gasteiger partial charge is 0.119 e. The summed E-state index contributed by atoms with van der Waals surface area (Å²) < 4.78 is 5.42. The standard InChI is InChI=1S/C15H25NO/c1-5-15(3,4)12-16-11-13-7-9-14(10-8-13)17-6-2/h7-10,16H,5-6,11-12H2,1-4H3. The quantitative estimate of drug-likeness (QED) is 0.779. The van der Waals surface area contributed by atoms with Crippen LogP contribution in [-0.4, -0.2) is 13.2 Å². The van der Waals surface area contributed by atoms with E-state index in [2.05, 4.69) is 38.2 Å². The third-order valence-corrected chi connectivity index (χ3v) is 3.12. The van der Waals surface area contributed by atoms with Crippen LogP contribution < -0.4 is 10.1 Å². The van der Waals surface area contributed by atoms with Crippen LogP contribution in [-0.2, 0) is 6.54 Å². The van der Waals surface area contributed by atoms with Gasteiger partial charge in [0.25, 0.3) is 0 Å². The molecule has 0 bridgehead atoms. The van der Waals surface area contributed by atoms with Crippen LogP contribution >= 0.6 is 0 Å². The van der Waals surface area contributed by atoms with Crippen LogP contribution in [0.4, 0.5) is 0 Å². The van der Waals surface area contributed by atoms with Gasteiger partial charge in [-0.1, -0.05) is 32.9 Å². The van der Waals surface area contributed by atoms with Crippen LogP contribution in [0.1, 0.15) is 39.7 Å². The summed E-state index contributed by atoms with van der Waals surface area (Å²) in [5.74, 6) is 0.949. The van der Waals surface area contributed by atoms with Crippen LogP contribution in [0.25, 0.3) is 0 Å². The molecule has 0 spiro atoms. The maximum absolute atomic E-state index is 5.42. The number of hydrogen-bond acceptors (Lipinski definition) is 2. The average molecular weight is 235 g/mol. The fourth-order valence-electron chi connectivity index (χ4n) is 1.54. The highest BCUT2D eigenvalue weighted by Crippen LogP contribution is 2.18. The van der Waals surface area contributed by atoms with Crippen molar-refractivity contribution in [2.45, 2.75) is 40.7 Å². The Balaban J connectivity index is 2.37. The molecular weight excluding hydrogens is 210 g/mol. The maximum Gasteiger partial charge on any atom is 0.119 e.